The Morgan fingerprint density at radius 3 is 2.90 bits per heavy atom. The molecule has 1 aromatic heterocycles. The second kappa shape index (κ2) is 6.96. The molecule has 2 rings (SSSR count). The molecule has 0 amide bonds. The van der Waals surface area contributed by atoms with Gasteiger partial charge < -0.3 is 25.0 Å². The lowest BCUT2D eigenvalue weighted by molar-refractivity contribution is -0.0733. The third-order valence-corrected chi connectivity index (χ3v) is 3.28. The van der Waals surface area contributed by atoms with Gasteiger partial charge in [0.1, 0.15) is 18.3 Å². The van der Waals surface area contributed by atoms with Crippen LogP contribution in [0.3, 0.4) is 0 Å². The maximum Gasteiger partial charge on any atom is 0.330 e. The Labute approximate surface area is 120 Å². The van der Waals surface area contributed by atoms with Gasteiger partial charge in [-0.3, -0.25) is 14.3 Å². The van der Waals surface area contributed by atoms with Gasteiger partial charge in [0, 0.05) is 18.8 Å². The van der Waals surface area contributed by atoms with Crippen molar-refractivity contribution in [3.8, 4) is 0 Å². The third kappa shape index (κ3) is 3.39. The van der Waals surface area contributed by atoms with Crippen molar-refractivity contribution >= 4 is 0 Å². The zero-order valence-corrected chi connectivity index (χ0v) is 11.6. The molecule has 9 nitrogen and oxygen atoms in total. The van der Waals surface area contributed by atoms with E-state index in [4.69, 9.17) is 9.47 Å². The molecule has 1 aliphatic heterocycles. The topological polar surface area (TPSA) is 126 Å². The van der Waals surface area contributed by atoms with Crippen LogP contribution in [-0.4, -0.2) is 64.9 Å². The number of rotatable bonds is 6. The molecule has 4 atom stereocenters. The molecule has 1 saturated heterocycles. The molecule has 1 aromatic rings. The van der Waals surface area contributed by atoms with Crippen molar-refractivity contribution in [1.29, 1.82) is 0 Å². The molecule has 1 fully saturated rings. The summed E-state index contributed by atoms with van der Waals surface area (Å²) in [6.07, 6.45) is -2.39. The molecule has 0 bridgehead atoms. The minimum absolute atomic E-state index is 0.300. The average Bonchev–Trinajstić information content (AvgIpc) is 2.76. The van der Waals surface area contributed by atoms with Crippen molar-refractivity contribution in [3.05, 3.63) is 33.1 Å². The predicted octanol–water partition coefficient (Wildman–Crippen LogP) is -2.61. The van der Waals surface area contributed by atoms with Gasteiger partial charge >= 0.3 is 5.69 Å². The fourth-order valence-electron chi connectivity index (χ4n) is 2.20. The minimum atomic E-state index is -1.07. The first-order valence-corrected chi connectivity index (χ1v) is 6.60. The highest BCUT2D eigenvalue weighted by molar-refractivity contribution is 4.93. The highest BCUT2D eigenvalue weighted by Crippen LogP contribution is 2.30. The number of aromatic nitrogens is 2. The van der Waals surface area contributed by atoms with Crippen molar-refractivity contribution in [3.63, 3.8) is 0 Å². The molecule has 9 heteroatoms. The van der Waals surface area contributed by atoms with E-state index in [0.29, 0.717) is 13.2 Å². The maximum absolute atomic E-state index is 11.8. The molecule has 0 aliphatic carbocycles. The molecule has 1 aliphatic rings. The summed E-state index contributed by atoms with van der Waals surface area (Å²) in [5.74, 6) is 0. The van der Waals surface area contributed by atoms with Gasteiger partial charge in [-0.1, -0.05) is 0 Å². The Hall–Kier alpha value is -1.52. The third-order valence-electron chi connectivity index (χ3n) is 3.28. The number of aliphatic hydroxyl groups excluding tert-OH is 2. The van der Waals surface area contributed by atoms with E-state index >= 15 is 0 Å². The van der Waals surface area contributed by atoms with Crippen LogP contribution >= 0.6 is 0 Å². The predicted molar refractivity (Wildman–Crippen MR) is 72.0 cm³/mol. The second-order valence-electron chi connectivity index (χ2n) is 4.69. The molecule has 0 unspecified atom stereocenters. The van der Waals surface area contributed by atoms with Gasteiger partial charge in [-0.25, -0.2) is 4.79 Å². The van der Waals surface area contributed by atoms with Crippen LogP contribution in [0.2, 0.25) is 0 Å². The van der Waals surface area contributed by atoms with Crippen LogP contribution in [0.4, 0.5) is 0 Å². The zero-order chi connectivity index (χ0) is 15.4. The second-order valence-corrected chi connectivity index (χ2v) is 4.69. The average molecular weight is 301 g/mol. The first-order chi connectivity index (χ1) is 10.1. The number of nitrogens with zero attached hydrogens (tertiary/aromatic N) is 1. The fourth-order valence-corrected chi connectivity index (χ4v) is 2.20. The number of hydrogen-bond acceptors (Lipinski definition) is 7. The van der Waals surface area contributed by atoms with Crippen LogP contribution in [0.1, 0.15) is 6.23 Å². The van der Waals surface area contributed by atoms with E-state index in [1.54, 1.807) is 7.05 Å². The highest BCUT2D eigenvalue weighted by Gasteiger charge is 2.45. The van der Waals surface area contributed by atoms with E-state index in [0.717, 1.165) is 4.57 Å². The summed E-state index contributed by atoms with van der Waals surface area (Å²) in [7, 11) is 1.76. The van der Waals surface area contributed by atoms with E-state index in [1.165, 1.54) is 12.3 Å². The number of likely N-dealkylation sites (N-methyl/N-ethyl adjacent to an activating group) is 1. The van der Waals surface area contributed by atoms with E-state index in [-0.39, 0.29) is 0 Å². The first kappa shape index (κ1) is 15.9. The number of H-pyrrole nitrogens is 1. The maximum atomic E-state index is 11.8. The van der Waals surface area contributed by atoms with Crippen LogP contribution in [-0.2, 0) is 9.47 Å². The van der Waals surface area contributed by atoms with Gasteiger partial charge in [0.05, 0.1) is 13.2 Å². The Bertz CT molecular complexity index is 571. The number of hydrogen-bond donors (Lipinski definition) is 4. The summed E-state index contributed by atoms with van der Waals surface area (Å²) >= 11 is 0. The molecular weight excluding hydrogens is 282 g/mol. The lowest BCUT2D eigenvalue weighted by Crippen LogP contribution is -2.40. The molecule has 0 aromatic carbocycles. The van der Waals surface area contributed by atoms with Crippen molar-refractivity contribution in [2.45, 2.75) is 24.5 Å². The van der Waals surface area contributed by atoms with Crippen molar-refractivity contribution < 1.29 is 19.7 Å². The van der Waals surface area contributed by atoms with E-state index in [9.17, 15) is 19.8 Å². The Kier molecular flexibility index (Phi) is 5.26. The smallest absolute Gasteiger partial charge is 0.330 e. The number of nitrogens with one attached hydrogen (secondary N) is 2. The van der Waals surface area contributed by atoms with Crippen LogP contribution in [0.5, 0.6) is 0 Å². The van der Waals surface area contributed by atoms with Crippen LogP contribution in [0.25, 0.3) is 0 Å². The summed E-state index contributed by atoms with van der Waals surface area (Å²) in [5, 5.41) is 22.2. The number of aliphatic hydroxyl groups is 2. The van der Waals surface area contributed by atoms with E-state index < -0.39 is 42.4 Å². The molecule has 118 valence electrons. The molecule has 4 N–H and O–H groups in total. The van der Waals surface area contributed by atoms with Crippen LogP contribution in [0.15, 0.2) is 21.9 Å². The first-order valence-electron chi connectivity index (χ1n) is 6.60. The summed E-state index contributed by atoms with van der Waals surface area (Å²) in [4.78, 5) is 25.0. The summed E-state index contributed by atoms with van der Waals surface area (Å²) in [6.45, 7) is 0.455. The van der Waals surface area contributed by atoms with Crippen molar-refractivity contribution in [1.82, 2.24) is 14.9 Å². The van der Waals surface area contributed by atoms with Crippen molar-refractivity contribution in [2.75, 3.05) is 26.8 Å². The van der Waals surface area contributed by atoms with Crippen LogP contribution < -0.4 is 16.6 Å². The van der Waals surface area contributed by atoms with Gasteiger partial charge in [-0.2, -0.15) is 0 Å². The summed E-state index contributed by atoms with van der Waals surface area (Å²) in [5.41, 5.74) is -1.19. The number of aromatic amines is 1. The van der Waals surface area contributed by atoms with Gasteiger partial charge in [0.15, 0.2) is 6.23 Å². The molecular formula is C12H19N3O6. The zero-order valence-electron chi connectivity index (χ0n) is 11.6. The SMILES string of the molecule is CNCCO[C@@H]1[C@H](O)[C@@H](CO)O[C@H]1n1ccc(=O)[nH]c1=O. The summed E-state index contributed by atoms with van der Waals surface area (Å²) < 4.78 is 12.1. The van der Waals surface area contributed by atoms with E-state index in [1.807, 2.05) is 0 Å². The molecule has 0 radical (unpaired) electrons. The highest BCUT2D eigenvalue weighted by atomic mass is 16.6. The van der Waals surface area contributed by atoms with E-state index in [2.05, 4.69) is 10.3 Å². The quantitative estimate of drug-likeness (QED) is 0.424. The Morgan fingerprint density at radius 2 is 2.29 bits per heavy atom. The minimum Gasteiger partial charge on any atom is -0.394 e. The Balaban J connectivity index is 2.25. The largest absolute Gasteiger partial charge is 0.394 e. The van der Waals surface area contributed by atoms with Gasteiger partial charge in [0.2, 0.25) is 0 Å². The fraction of sp³-hybridized carbons (Fsp3) is 0.667. The van der Waals surface area contributed by atoms with Crippen LogP contribution in [0, 0.1) is 0 Å². The Morgan fingerprint density at radius 1 is 1.52 bits per heavy atom. The van der Waals surface area contributed by atoms with Crippen molar-refractivity contribution in [2.24, 2.45) is 0 Å². The van der Waals surface area contributed by atoms with Gasteiger partial charge in [0.25, 0.3) is 5.56 Å². The molecule has 21 heavy (non-hydrogen) atoms. The normalized spacial score (nSPS) is 28.9. The van der Waals surface area contributed by atoms with Gasteiger partial charge in [-0.15, -0.1) is 0 Å². The molecule has 0 spiro atoms. The summed E-state index contributed by atoms with van der Waals surface area (Å²) in [6, 6.07) is 1.17. The standard InChI is InChI=1S/C12H19N3O6/c1-13-3-5-20-10-9(18)7(6-16)21-11(10)15-4-2-8(17)14-12(15)19/h2,4,7,9-11,13,16,18H,3,5-6H2,1H3,(H,14,17,19)/t7-,9-,10-,11-/m1/s1. The van der Waals surface area contributed by atoms with Gasteiger partial charge in [-0.05, 0) is 7.05 Å². The number of ether oxygens (including phenoxy) is 2. The lowest BCUT2D eigenvalue weighted by atomic mass is 10.1. The monoisotopic (exact) mass is 301 g/mol. The molecule has 2 heterocycles. The lowest BCUT2D eigenvalue weighted by Gasteiger charge is -2.22. The molecule has 0 saturated carbocycles.